The van der Waals surface area contributed by atoms with Gasteiger partial charge in [0.05, 0.1) is 12.3 Å². The lowest BCUT2D eigenvalue weighted by Crippen LogP contribution is -2.47. The SMILES string of the molecule is CC(C)[Si](OCc1ccc(COc2ccccc2N)cc1)(C(C)C)C(C)C. The van der Waals surface area contributed by atoms with Crippen LogP contribution < -0.4 is 10.5 Å². The Morgan fingerprint density at radius 2 is 1.22 bits per heavy atom. The third-order valence-corrected chi connectivity index (χ3v) is 11.6. The molecular weight excluding hydrogens is 350 g/mol. The van der Waals surface area contributed by atoms with Gasteiger partial charge in [-0.15, -0.1) is 0 Å². The summed E-state index contributed by atoms with van der Waals surface area (Å²) in [5, 5.41) is 0. The summed E-state index contributed by atoms with van der Waals surface area (Å²) in [6.45, 7) is 15.1. The van der Waals surface area contributed by atoms with Gasteiger partial charge in [-0.1, -0.05) is 77.9 Å². The third kappa shape index (κ3) is 5.14. The Morgan fingerprint density at radius 3 is 1.70 bits per heavy atom. The molecule has 0 radical (unpaired) electrons. The summed E-state index contributed by atoms with van der Waals surface area (Å²) < 4.78 is 12.5. The number of anilines is 1. The largest absolute Gasteiger partial charge is 0.487 e. The second kappa shape index (κ2) is 9.42. The minimum Gasteiger partial charge on any atom is -0.487 e. The van der Waals surface area contributed by atoms with Crippen molar-refractivity contribution >= 4 is 14.0 Å². The average molecular weight is 386 g/mol. The second-order valence-electron chi connectivity index (χ2n) is 8.25. The number of nitrogen functional groups attached to an aromatic ring is 1. The van der Waals surface area contributed by atoms with Gasteiger partial charge < -0.3 is 14.9 Å². The summed E-state index contributed by atoms with van der Waals surface area (Å²) in [5.41, 5.74) is 10.7. The van der Waals surface area contributed by atoms with E-state index in [4.69, 9.17) is 14.9 Å². The number of ether oxygens (including phenoxy) is 1. The summed E-state index contributed by atoms with van der Waals surface area (Å²) in [5.74, 6) is 0.728. The number of rotatable bonds is 9. The first-order valence-corrected chi connectivity index (χ1v) is 12.1. The van der Waals surface area contributed by atoms with Gasteiger partial charge in [-0.3, -0.25) is 0 Å². The van der Waals surface area contributed by atoms with Gasteiger partial charge in [0, 0.05) is 0 Å². The highest BCUT2D eigenvalue weighted by atomic mass is 28.4. The molecule has 0 unspecified atom stereocenters. The van der Waals surface area contributed by atoms with Crippen LogP contribution in [0.3, 0.4) is 0 Å². The zero-order valence-corrected chi connectivity index (χ0v) is 18.7. The topological polar surface area (TPSA) is 44.5 Å². The van der Waals surface area contributed by atoms with Gasteiger partial charge in [-0.05, 0) is 39.9 Å². The Morgan fingerprint density at radius 1 is 0.741 bits per heavy atom. The molecule has 3 nitrogen and oxygen atoms in total. The van der Waals surface area contributed by atoms with Gasteiger partial charge in [0.25, 0.3) is 0 Å². The van der Waals surface area contributed by atoms with E-state index in [1.165, 1.54) is 5.56 Å². The summed E-state index contributed by atoms with van der Waals surface area (Å²) >= 11 is 0. The van der Waals surface area contributed by atoms with E-state index in [-0.39, 0.29) is 0 Å². The molecule has 0 atom stereocenters. The standard InChI is InChI=1S/C23H35NO2Si/c1-17(2)27(18(3)4,19(5)6)26-16-21-13-11-20(12-14-21)15-25-23-10-8-7-9-22(23)24/h7-14,17-19H,15-16,24H2,1-6H3. The van der Waals surface area contributed by atoms with Crippen molar-refractivity contribution in [2.75, 3.05) is 5.73 Å². The molecule has 0 bridgehead atoms. The Hall–Kier alpha value is -1.78. The molecule has 0 aliphatic carbocycles. The van der Waals surface area contributed by atoms with Gasteiger partial charge in [-0.25, -0.2) is 0 Å². The predicted molar refractivity (Wildman–Crippen MR) is 117 cm³/mol. The number of nitrogens with two attached hydrogens (primary N) is 1. The summed E-state index contributed by atoms with van der Waals surface area (Å²) in [6, 6.07) is 16.1. The molecule has 0 aliphatic rings. The van der Waals surface area contributed by atoms with Crippen molar-refractivity contribution in [3.63, 3.8) is 0 Å². The van der Waals surface area contributed by atoms with E-state index in [0.29, 0.717) is 35.5 Å². The Labute approximate surface area is 166 Å². The van der Waals surface area contributed by atoms with E-state index in [1.807, 2.05) is 24.3 Å². The highest BCUT2D eigenvalue weighted by Gasteiger charge is 2.44. The number of hydrogen-bond acceptors (Lipinski definition) is 3. The molecule has 0 fully saturated rings. The second-order valence-corrected chi connectivity index (χ2v) is 13.7. The van der Waals surface area contributed by atoms with Crippen LogP contribution in [0.15, 0.2) is 48.5 Å². The molecule has 2 rings (SSSR count). The van der Waals surface area contributed by atoms with Crippen molar-refractivity contribution in [3.05, 3.63) is 59.7 Å². The smallest absolute Gasteiger partial charge is 0.200 e. The fourth-order valence-corrected chi connectivity index (χ4v) is 9.63. The normalized spacial score (nSPS) is 12.2. The fourth-order valence-electron chi connectivity index (χ4n) is 4.21. The number of benzene rings is 2. The zero-order chi connectivity index (χ0) is 20.0. The monoisotopic (exact) mass is 385 g/mol. The van der Waals surface area contributed by atoms with Crippen LogP contribution in [0, 0.1) is 0 Å². The van der Waals surface area contributed by atoms with Crippen LogP contribution >= 0.6 is 0 Å². The van der Waals surface area contributed by atoms with Crippen LogP contribution in [-0.4, -0.2) is 8.32 Å². The summed E-state index contributed by atoms with van der Waals surface area (Å²) in [4.78, 5) is 0. The van der Waals surface area contributed by atoms with Crippen molar-refractivity contribution in [1.82, 2.24) is 0 Å². The summed E-state index contributed by atoms with van der Waals surface area (Å²) in [6.07, 6.45) is 0. The quantitative estimate of drug-likeness (QED) is 0.394. The highest BCUT2D eigenvalue weighted by molar-refractivity contribution is 6.77. The van der Waals surface area contributed by atoms with Gasteiger partial charge in [0.1, 0.15) is 12.4 Å². The minimum absolute atomic E-state index is 0.512. The van der Waals surface area contributed by atoms with E-state index < -0.39 is 8.32 Å². The van der Waals surface area contributed by atoms with Crippen molar-refractivity contribution < 1.29 is 9.16 Å². The van der Waals surface area contributed by atoms with Crippen LogP contribution in [0.5, 0.6) is 5.75 Å². The number of para-hydroxylation sites is 2. The van der Waals surface area contributed by atoms with Gasteiger partial charge in [0.15, 0.2) is 0 Å². The molecular formula is C23H35NO2Si. The fraction of sp³-hybridized carbons (Fsp3) is 0.478. The molecule has 148 valence electrons. The molecule has 27 heavy (non-hydrogen) atoms. The van der Waals surface area contributed by atoms with Gasteiger partial charge >= 0.3 is 0 Å². The molecule has 0 spiro atoms. The zero-order valence-electron chi connectivity index (χ0n) is 17.7. The first-order valence-electron chi connectivity index (χ1n) is 9.96. The molecule has 0 saturated heterocycles. The van der Waals surface area contributed by atoms with Crippen LogP contribution in [0.4, 0.5) is 5.69 Å². The van der Waals surface area contributed by atoms with Crippen LogP contribution in [-0.2, 0) is 17.6 Å². The first-order chi connectivity index (χ1) is 12.8. The Balaban J connectivity index is 1.99. The lowest BCUT2D eigenvalue weighted by Gasteiger charge is -2.42. The predicted octanol–water partition coefficient (Wildman–Crippen LogP) is 6.54. The van der Waals surface area contributed by atoms with Crippen molar-refractivity contribution in [2.45, 2.75) is 71.4 Å². The van der Waals surface area contributed by atoms with Gasteiger partial charge in [-0.2, -0.15) is 0 Å². The molecule has 4 heteroatoms. The number of hydrogen-bond donors (Lipinski definition) is 1. The summed E-state index contributed by atoms with van der Waals surface area (Å²) in [7, 11) is -1.83. The lowest BCUT2D eigenvalue weighted by molar-refractivity contribution is 0.265. The molecule has 0 amide bonds. The maximum atomic E-state index is 6.68. The third-order valence-electron chi connectivity index (χ3n) is 5.53. The van der Waals surface area contributed by atoms with Crippen LogP contribution in [0.25, 0.3) is 0 Å². The van der Waals surface area contributed by atoms with E-state index in [9.17, 15) is 0 Å². The Bertz CT molecular complexity index is 689. The minimum atomic E-state index is -1.83. The van der Waals surface area contributed by atoms with Crippen molar-refractivity contribution in [3.8, 4) is 5.75 Å². The van der Waals surface area contributed by atoms with Crippen molar-refractivity contribution in [1.29, 1.82) is 0 Å². The molecule has 2 aromatic carbocycles. The molecule has 2 aromatic rings. The van der Waals surface area contributed by atoms with Crippen molar-refractivity contribution in [2.24, 2.45) is 0 Å². The lowest BCUT2D eigenvalue weighted by atomic mass is 10.1. The van der Waals surface area contributed by atoms with Gasteiger partial charge in [0.2, 0.25) is 8.32 Å². The van der Waals surface area contributed by atoms with E-state index in [0.717, 1.165) is 11.3 Å². The highest BCUT2D eigenvalue weighted by Crippen LogP contribution is 2.42. The first kappa shape index (κ1) is 21.5. The Kier molecular flexibility index (Phi) is 7.51. The van der Waals surface area contributed by atoms with E-state index in [1.54, 1.807) is 0 Å². The molecule has 0 aromatic heterocycles. The van der Waals surface area contributed by atoms with Crippen LogP contribution in [0.1, 0.15) is 52.7 Å². The van der Waals surface area contributed by atoms with E-state index >= 15 is 0 Å². The molecule has 2 N–H and O–H groups in total. The molecule has 0 saturated carbocycles. The molecule has 0 aliphatic heterocycles. The maximum Gasteiger partial charge on any atom is 0.200 e. The van der Waals surface area contributed by atoms with E-state index in [2.05, 4.69) is 65.8 Å². The van der Waals surface area contributed by atoms with Crippen LogP contribution in [0.2, 0.25) is 16.6 Å². The molecule has 0 heterocycles. The maximum absolute atomic E-state index is 6.68. The average Bonchev–Trinajstić information content (AvgIpc) is 2.61.